The Balaban J connectivity index is 2.29. The average molecular weight is 235 g/mol. The molecule has 0 unspecified atom stereocenters. The summed E-state index contributed by atoms with van der Waals surface area (Å²) in [6.07, 6.45) is 0. The average Bonchev–Trinajstić information content (AvgIpc) is 2.63. The summed E-state index contributed by atoms with van der Waals surface area (Å²) in [5.74, 6) is -0.397. The number of aryl methyl sites for hydroxylation is 1. The second-order valence-electron chi connectivity index (χ2n) is 3.69. The lowest BCUT2D eigenvalue weighted by molar-refractivity contribution is -0.392. The minimum absolute atomic E-state index is 0.0631. The van der Waals surface area contributed by atoms with Gasteiger partial charge in [0, 0.05) is 0 Å². The Kier molecular flexibility index (Phi) is 2.86. The second kappa shape index (κ2) is 4.32. The first-order valence-electron chi connectivity index (χ1n) is 4.99. The molecule has 1 aromatic carbocycles. The van der Waals surface area contributed by atoms with Gasteiger partial charge in [0.15, 0.2) is 0 Å². The van der Waals surface area contributed by atoms with Gasteiger partial charge in [-0.3, -0.25) is 0 Å². The van der Waals surface area contributed by atoms with Crippen LogP contribution in [0.5, 0.6) is 0 Å². The Morgan fingerprint density at radius 3 is 2.65 bits per heavy atom. The SMILES string of the molecule is Cc1cc([N+](=O)[O-])n(Cc2ccc(F)cc2)n1. The zero-order valence-corrected chi connectivity index (χ0v) is 9.13. The van der Waals surface area contributed by atoms with Crippen molar-refractivity contribution < 1.29 is 9.31 Å². The summed E-state index contributed by atoms with van der Waals surface area (Å²) in [7, 11) is 0. The number of benzene rings is 1. The van der Waals surface area contributed by atoms with Gasteiger partial charge in [-0.25, -0.2) is 4.39 Å². The molecule has 0 aliphatic heterocycles. The fourth-order valence-electron chi connectivity index (χ4n) is 1.56. The molecule has 0 N–H and O–H groups in total. The van der Waals surface area contributed by atoms with Gasteiger partial charge < -0.3 is 10.1 Å². The van der Waals surface area contributed by atoms with Crippen molar-refractivity contribution in [3.05, 3.63) is 57.5 Å². The van der Waals surface area contributed by atoms with Gasteiger partial charge in [-0.2, -0.15) is 0 Å². The molecule has 0 saturated carbocycles. The Morgan fingerprint density at radius 2 is 2.06 bits per heavy atom. The second-order valence-corrected chi connectivity index (χ2v) is 3.69. The normalized spacial score (nSPS) is 10.5. The van der Waals surface area contributed by atoms with Crippen LogP contribution in [0, 0.1) is 22.9 Å². The predicted molar refractivity (Wildman–Crippen MR) is 59.1 cm³/mol. The first kappa shape index (κ1) is 11.3. The molecule has 0 fully saturated rings. The van der Waals surface area contributed by atoms with E-state index in [2.05, 4.69) is 5.10 Å². The Morgan fingerprint density at radius 1 is 1.41 bits per heavy atom. The molecule has 17 heavy (non-hydrogen) atoms. The van der Waals surface area contributed by atoms with E-state index in [4.69, 9.17) is 0 Å². The minimum atomic E-state index is -0.483. The molecule has 5 nitrogen and oxygen atoms in total. The topological polar surface area (TPSA) is 61.0 Å². The first-order chi connectivity index (χ1) is 8.06. The molecule has 0 bridgehead atoms. The van der Waals surface area contributed by atoms with E-state index in [0.717, 1.165) is 5.56 Å². The summed E-state index contributed by atoms with van der Waals surface area (Å²) < 4.78 is 14.0. The molecule has 0 saturated heterocycles. The molecule has 6 heteroatoms. The highest BCUT2D eigenvalue weighted by molar-refractivity contribution is 5.25. The van der Waals surface area contributed by atoms with Crippen molar-refractivity contribution in [1.29, 1.82) is 0 Å². The molecule has 0 atom stereocenters. The van der Waals surface area contributed by atoms with Crippen LogP contribution in [-0.2, 0) is 6.54 Å². The third kappa shape index (κ3) is 2.47. The number of hydrogen-bond donors (Lipinski definition) is 0. The molecule has 2 aromatic rings. The quantitative estimate of drug-likeness (QED) is 0.605. The minimum Gasteiger partial charge on any atom is -0.358 e. The number of hydrogen-bond acceptors (Lipinski definition) is 3. The van der Waals surface area contributed by atoms with Crippen molar-refractivity contribution in [1.82, 2.24) is 9.78 Å². The van der Waals surface area contributed by atoms with E-state index in [1.54, 1.807) is 19.1 Å². The Labute approximate surface area is 96.6 Å². The highest BCUT2D eigenvalue weighted by Crippen LogP contribution is 2.15. The van der Waals surface area contributed by atoms with Crippen molar-refractivity contribution in [3.63, 3.8) is 0 Å². The van der Waals surface area contributed by atoms with E-state index in [-0.39, 0.29) is 18.2 Å². The lowest BCUT2D eigenvalue weighted by atomic mass is 10.2. The van der Waals surface area contributed by atoms with Gasteiger partial charge in [-0.05, 0) is 29.5 Å². The molecular formula is C11H10FN3O2. The zero-order valence-electron chi connectivity index (χ0n) is 9.13. The van der Waals surface area contributed by atoms with Crippen LogP contribution in [0.4, 0.5) is 10.2 Å². The van der Waals surface area contributed by atoms with Crippen LogP contribution in [0.15, 0.2) is 30.3 Å². The largest absolute Gasteiger partial charge is 0.358 e. The van der Waals surface area contributed by atoms with Crippen LogP contribution in [0.3, 0.4) is 0 Å². The summed E-state index contributed by atoms with van der Waals surface area (Å²) in [5.41, 5.74) is 1.34. The summed E-state index contributed by atoms with van der Waals surface area (Å²) in [6.45, 7) is 1.94. The van der Waals surface area contributed by atoms with E-state index in [1.165, 1.54) is 22.9 Å². The van der Waals surface area contributed by atoms with Crippen molar-refractivity contribution in [2.45, 2.75) is 13.5 Å². The monoisotopic (exact) mass is 235 g/mol. The predicted octanol–water partition coefficient (Wildman–Crippen LogP) is 2.29. The molecule has 0 radical (unpaired) electrons. The first-order valence-corrected chi connectivity index (χ1v) is 4.99. The fraction of sp³-hybridized carbons (Fsp3) is 0.182. The Bertz CT molecular complexity index is 548. The third-order valence-corrected chi connectivity index (χ3v) is 2.31. The van der Waals surface area contributed by atoms with Crippen LogP contribution < -0.4 is 0 Å². The lowest BCUT2D eigenvalue weighted by Gasteiger charge is -1.99. The molecule has 88 valence electrons. The van der Waals surface area contributed by atoms with E-state index >= 15 is 0 Å². The van der Waals surface area contributed by atoms with E-state index in [9.17, 15) is 14.5 Å². The molecule has 2 rings (SSSR count). The number of halogens is 1. The zero-order chi connectivity index (χ0) is 12.4. The Hall–Kier alpha value is -2.24. The van der Waals surface area contributed by atoms with E-state index in [1.807, 2.05) is 0 Å². The molecule has 0 amide bonds. The number of rotatable bonds is 3. The van der Waals surface area contributed by atoms with Crippen LogP contribution in [0.2, 0.25) is 0 Å². The van der Waals surface area contributed by atoms with Crippen molar-refractivity contribution in [2.24, 2.45) is 0 Å². The number of nitrogens with zero attached hydrogens (tertiary/aromatic N) is 3. The highest BCUT2D eigenvalue weighted by Gasteiger charge is 2.16. The van der Waals surface area contributed by atoms with Crippen molar-refractivity contribution >= 4 is 5.82 Å². The summed E-state index contributed by atoms with van der Waals surface area (Å²) in [6, 6.07) is 7.20. The van der Waals surface area contributed by atoms with Gasteiger partial charge in [-0.1, -0.05) is 17.2 Å². The van der Waals surface area contributed by atoms with Gasteiger partial charge in [-0.15, -0.1) is 4.68 Å². The third-order valence-electron chi connectivity index (χ3n) is 2.31. The van der Waals surface area contributed by atoms with E-state index in [0.29, 0.717) is 5.69 Å². The van der Waals surface area contributed by atoms with Crippen LogP contribution in [0.1, 0.15) is 11.3 Å². The summed E-state index contributed by atoms with van der Waals surface area (Å²) in [4.78, 5) is 10.3. The molecule has 1 aromatic heterocycles. The van der Waals surface area contributed by atoms with Gasteiger partial charge in [0.05, 0.1) is 11.8 Å². The van der Waals surface area contributed by atoms with Gasteiger partial charge in [0.25, 0.3) is 0 Å². The highest BCUT2D eigenvalue weighted by atomic mass is 19.1. The maximum atomic E-state index is 12.7. The molecule has 0 aliphatic rings. The van der Waals surface area contributed by atoms with E-state index < -0.39 is 4.92 Å². The van der Waals surface area contributed by atoms with Crippen LogP contribution >= 0.6 is 0 Å². The lowest BCUT2D eigenvalue weighted by Crippen LogP contribution is -2.06. The maximum Gasteiger partial charge on any atom is 0.345 e. The van der Waals surface area contributed by atoms with Gasteiger partial charge in [0.1, 0.15) is 12.4 Å². The molecule has 0 aliphatic carbocycles. The standard InChI is InChI=1S/C11H10FN3O2/c1-8-6-11(15(16)17)14(13-8)7-9-2-4-10(12)5-3-9/h2-6H,7H2,1H3. The van der Waals surface area contributed by atoms with Crippen LogP contribution in [-0.4, -0.2) is 14.7 Å². The molecule has 0 spiro atoms. The number of aromatic nitrogens is 2. The molecule has 1 heterocycles. The van der Waals surface area contributed by atoms with Crippen molar-refractivity contribution in [3.8, 4) is 0 Å². The van der Waals surface area contributed by atoms with Crippen LogP contribution in [0.25, 0.3) is 0 Å². The maximum absolute atomic E-state index is 12.7. The fourth-order valence-corrected chi connectivity index (χ4v) is 1.56. The molecular weight excluding hydrogens is 225 g/mol. The summed E-state index contributed by atoms with van der Waals surface area (Å²) in [5, 5.41) is 14.8. The van der Waals surface area contributed by atoms with Crippen molar-refractivity contribution in [2.75, 3.05) is 0 Å². The number of nitro groups is 1. The smallest absolute Gasteiger partial charge is 0.345 e. The van der Waals surface area contributed by atoms with Gasteiger partial charge in [0.2, 0.25) is 0 Å². The summed E-state index contributed by atoms with van der Waals surface area (Å²) >= 11 is 0. The van der Waals surface area contributed by atoms with Gasteiger partial charge >= 0.3 is 5.82 Å².